The van der Waals surface area contributed by atoms with Crippen LogP contribution >= 0.6 is 23.2 Å². The van der Waals surface area contributed by atoms with Crippen LogP contribution in [-0.2, 0) is 0 Å². The molecule has 4 heteroatoms. The van der Waals surface area contributed by atoms with Crippen molar-refractivity contribution in [2.24, 2.45) is 0 Å². The summed E-state index contributed by atoms with van der Waals surface area (Å²) in [6, 6.07) is 14.2. The summed E-state index contributed by atoms with van der Waals surface area (Å²) in [5, 5.41) is 9.81. The van der Waals surface area contributed by atoms with E-state index < -0.39 is 5.92 Å². The van der Waals surface area contributed by atoms with E-state index in [4.69, 9.17) is 23.2 Å². The molecule has 1 unspecified atom stereocenters. The standard InChI is InChI=1S/C16H11Cl2NO/c1-10-4-2-5-11(8-10)13(9-19)16(20)12-6-3-7-14(17)15(12)18/h2-8,13H,1H3. The van der Waals surface area contributed by atoms with Crippen LogP contribution in [0, 0.1) is 18.3 Å². The number of nitrogens with zero attached hydrogens (tertiary/aromatic N) is 1. The summed E-state index contributed by atoms with van der Waals surface area (Å²) in [4.78, 5) is 12.5. The molecule has 0 aliphatic rings. The SMILES string of the molecule is Cc1cccc(C(C#N)C(=O)c2cccc(Cl)c2Cl)c1. The fourth-order valence-electron chi connectivity index (χ4n) is 1.98. The van der Waals surface area contributed by atoms with Gasteiger partial charge in [0.25, 0.3) is 0 Å². The predicted octanol–water partition coefficient (Wildman–Crippen LogP) is 4.79. The van der Waals surface area contributed by atoms with E-state index in [1.54, 1.807) is 24.3 Å². The molecular weight excluding hydrogens is 293 g/mol. The summed E-state index contributed by atoms with van der Waals surface area (Å²) in [5.41, 5.74) is 1.92. The molecular formula is C16H11Cl2NO. The van der Waals surface area contributed by atoms with Crippen LogP contribution in [0.4, 0.5) is 0 Å². The number of nitriles is 1. The molecule has 2 rings (SSSR count). The van der Waals surface area contributed by atoms with Crippen molar-refractivity contribution in [2.75, 3.05) is 0 Å². The van der Waals surface area contributed by atoms with Gasteiger partial charge < -0.3 is 0 Å². The summed E-state index contributed by atoms with van der Waals surface area (Å²) >= 11 is 12.0. The molecule has 0 saturated heterocycles. The number of carbonyl (C=O) groups is 1. The van der Waals surface area contributed by atoms with Crippen LogP contribution in [0.1, 0.15) is 27.4 Å². The molecule has 0 aromatic heterocycles. The van der Waals surface area contributed by atoms with Gasteiger partial charge >= 0.3 is 0 Å². The third kappa shape index (κ3) is 2.85. The summed E-state index contributed by atoms with van der Waals surface area (Å²) in [7, 11) is 0. The number of Topliss-reactive ketones (excluding diaryl/α,β-unsaturated/α-hetero) is 1. The molecule has 0 amide bonds. The van der Waals surface area contributed by atoms with E-state index in [0.717, 1.165) is 5.56 Å². The van der Waals surface area contributed by atoms with Crippen molar-refractivity contribution >= 4 is 29.0 Å². The summed E-state index contributed by atoms with van der Waals surface area (Å²) < 4.78 is 0. The largest absolute Gasteiger partial charge is 0.292 e. The Kier molecular flexibility index (Phi) is 4.44. The van der Waals surface area contributed by atoms with Gasteiger partial charge in [-0.3, -0.25) is 4.79 Å². The zero-order valence-corrected chi connectivity index (χ0v) is 12.2. The second-order valence-electron chi connectivity index (χ2n) is 4.44. The maximum absolute atomic E-state index is 12.5. The number of benzene rings is 2. The topological polar surface area (TPSA) is 40.9 Å². The van der Waals surface area contributed by atoms with Crippen LogP contribution in [0.2, 0.25) is 10.0 Å². The molecule has 0 spiro atoms. The summed E-state index contributed by atoms with van der Waals surface area (Å²) in [5.74, 6) is -1.23. The van der Waals surface area contributed by atoms with Crippen molar-refractivity contribution in [3.8, 4) is 6.07 Å². The average Bonchev–Trinajstić information content (AvgIpc) is 2.42. The monoisotopic (exact) mass is 303 g/mol. The first-order valence-corrected chi connectivity index (χ1v) is 6.74. The van der Waals surface area contributed by atoms with E-state index in [2.05, 4.69) is 0 Å². The highest BCUT2D eigenvalue weighted by Gasteiger charge is 2.24. The van der Waals surface area contributed by atoms with Crippen LogP contribution in [-0.4, -0.2) is 5.78 Å². The number of halogens is 2. The molecule has 0 bridgehead atoms. The predicted molar refractivity (Wildman–Crippen MR) is 80.3 cm³/mol. The molecule has 1 atom stereocenters. The normalized spacial score (nSPS) is 11.7. The first kappa shape index (κ1) is 14.6. The highest BCUT2D eigenvalue weighted by Crippen LogP contribution is 2.30. The Labute approximate surface area is 127 Å². The fourth-order valence-corrected chi connectivity index (χ4v) is 2.38. The van der Waals surface area contributed by atoms with E-state index in [9.17, 15) is 10.1 Å². The number of hydrogen-bond acceptors (Lipinski definition) is 2. The average molecular weight is 304 g/mol. The molecule has 0 radical (unpaired) electrons. The van der Waals surface area contributed by atoms with Crippen molar-refractivity contribution in [3.05, 3.63) is 69.2 Å². The van der Waals surface area contributed by atoms with Gasteiger partial charge in [0.1, 0.15) is 5.92 Å². The Morgan fingerprint density at radius 2 is 1.90 bits per heavy atom. The first-order chi connectivity index (χ1) is 9.54. The minimum Gasteiger partial charge on any atom is -0.292 e. The van der Waals surface area contributed by atoms with Gasteiger partial charge in [-0.1, -0.05) is 59.1 Å². The maximum atomic E-state index is 12.5. The van der Waals surface area contributed by atoms with Crippen LogP contribution in [0.15, 0.2) is 42.5 Å². The van der Waals surface area contributed by atoms with Crippen molar-refractivity contribution in [1.29, 1.82) is 5.26 Å². The number of carbonyl (C=O) groups excluding carboxylic acids is 1. The molecule has 2 nitrogen and oxygen atoms in total. The lowest BCUT2D eigenvalue weighted by molar-refractivity contribution is 0.0979. The minimum absolute atomic E-state index is 0.187. The Balaban J connectivity index is 2.45. The van der Waals surface area contributed by atoms with Crippen LogP contribution in [0.3, 0.4) is 0 Å². The highest BCUT2D eigenvalue weighted by molar-refractivity contribution is 6.44. The first-order valence-electron chi connectivity index (χ1n) is 5.99. The zero-order valence-electron chi connectivity index (χ0n) is 10.7. The lowest BCUT2D eigenvalue weighted by atomic mass is 9.91. The Hall–Kier alpha value is -1.82. The van der Waals surface area contributed by atoms with E-state index in [1.165, 1.54) is 0 Å². The molecule has 0 saturated carbocycles. The number of hydrogen-bond donors (Lipinski definition) is 0. The van der Waals surface area contributed by atoms with Crippen molar-refractivity contribution in [2.45, 2.75) is 12.8 Å². The fraction of sp³-hybridized carbons (Fsp3) is 0.125. The van der Waals surface area contributed by atoms with Gasteiger partial charge in [-0.05, 0) is 24.6 Å². The molecule has 100 valence electrons. The number of ketones is 1. The van der Waals surface area contributed by atoms with Gasteiger partial charge in [0.05, 0.1) is 16.1 Å². The number of rotatable bonds is 3. The second-order valence-corrected chi connectivity index (χ2v) is 5.23. The summed E-state index contributed by atoms with van der Waals surface area (Å²) in [6.07, 6.45) is 0. The van der Waals surface area contributed by atoms with Crippen LogP contribution in [0.5, 0.6) is 0 Å². The van der Waals surface area contributed by atoms with Crippen LogP contribution in [0.25, 0.3) is 0 Å². The molecule has 0 heterocycles. The Bertz CT molecular complexity index is 704. The molecule has 0 aliphatic heterocycles. The molecule has 20 heavy (non-hydrogen) atoms. The number of aryl methyl sites for hydroxylation is 1. The lowest BCUT2D eigenvalue weighted by Crippen LogP contribution is -2.12. The third-order valence-electron chi connectivity index (χ3n) is 2.98. The van der Waals surface area contributed by atoms with Gasteiger partial charge in [-0.15, -0.1) is 0 Å². The van der Waals surface area contributed by atoms with Gasteiger partial charge in [0.15, 0.2) is 5.78 Å². The minimum atomic E-state index is -0.883. The molecule has 0 aliphatic carbocycles. The zero-order chi connectivity index (χ0) is 14.7. The quantitative estimate of drug-likeness (QED) is 0.765. The van der Waals surface area contributed by atoms with Gasteiger partial charge in [-0.2, -0.15) is 5.26 Å². The lowest BCUT2D eigenvalue weighted by Gasteiger charge is -2.11. The maximum Gasteiger partial charge on any atom is 0.186 e. The Morgan fingerprint density at radius 3 is 2.55 bits per heavy atom. The van der Waals surface area contributed by atoms with Crippen LogP contribution < -0.4 is 0 Å². The molecule has 0 N–H and O–H groups in total. The third-order valence-corrected chi connectivity index (χ3v) is 3.80. The molecule has 2 aromatic carbocycles. The Morgan fingerprint density at radius 1 is 1.20 bits per heavy atom. The smallest absolute Gasteiger partial charge is 0.186 e. The molecule has 0 fully saturated rings. The van der Waals surface area contributed by atoms with Gasteiger partial charge in [0.2, 0.25) is 0 Å². The van der Waals surface area contributed by atoms with Gasteiger partial charge in [0, 0.05) is 5.56 Å². The van der Waals surface area contributed by atoms with Crippen molar-refractivity contribution in [3.63, 3.8) is 0 Å². The second kappa shape index (κ2) is 6.09. The van der Waals surface area contributed by atoms with Crippen molar-refractivity contribution < 1.29 is 4.79 Å². The van der Waals surface area contributed by atoms with Crippen molar-refractivity contribution in [1.82, 2.24) is 0 Å². The van der Waals surface area contributed by atoms with Gasteiger partial charge in [-0.25, -0.2) is 0 Å². The highest BCUT2D eigenvalue weighted by atomic mass is 35.5. The van der Waals surface area contributed by atoms with E-state index >= 15 is 0 Å². The van der Waals surface area contributed by atoms with E-state index in [-0.39, 0.29) is 16.4 Å². The van der Waals surface area contributed by atoms with E-state index in [0.29, 0.717) is 10.6 Å². The van der Waals surface area contributed by atoms with E-state index in [1.807, 2.05) is 31.2 Å². The molecule has 2 aromatic rings. The summed E-state index contributed by atoms with van der Waals surface area (Å²) in [6.45, 7) is 1.91.